The van der Waals surface area contributed by atoms with Gasteiger partial charge in [0.15, 0.2) is 0 Å². The average Bonchev–Trinajstić information content (AvgIpc) is 2.66. The minimum atomic E-state index is -4.55. The normalized spacial score (nSPS) is 12.7. The molecule has 0 radical (unpaired) electrons. The molecule has 21 heavy (non-hydrogen) atoms. The Labute approximate surface area is 119 Å². The molecule has 7 nitrogen and oxygen atoms in total. The molecule has 1 heterocycles. The Kier molecular flexibility index (Phi) is 4.99. The van der Waals surface area contributed by atoms with Gasteiger partial charge >= 0.3 is 6.18 Å². The highest BCUT2D eigenvalue weighted by atomic mass is 32.2. The number of carbonyl (C=O) groups excluding carboxylic acids is 1. The number of carbonyl (C=O) groups is 1. The number of sulfonamides is 1. The number of amides is 1. The number of hydrogen-bond donors (Lipinski definition) is 2. The van der Waals surface area contributed by atoms with Crippen LogP contribution in [0.25, 0.3) is 0 Å². The van der Waals surface area contributed by atoms with Gasteiger partial charge in [-0.1, -0.05) is 0 Å². The SMILES string of the molecule is Cc1n[nH]c(C)c1S(=O)(=O)N(C)CC(=O)NCC(F)(F)F. The summed E-state index contributed by atoms with van der Waals surface area (Å²) < 4.78 is 61.0. The van der Waals surface area contributed by atoms with Gasteiger partial charge in [0.2, 0.25) is 15.9 Å². The largest absolute Gasteiger partial charge is 0.405 e. The maximum absolute atomic E-state index is 12.2. The summed E-state index contributed by atoms with van der Waals surface area (Å²) in [4.78, 5) is 11.3. The number of likely N-dealkylation sites (N-methyl/N-ethyl adjacent to an activating group) is 1. The fourth-order valence-corrected chi connectivity index (χ4v) is 3.07. The molecule has 0 saturated carbocycles. The number of nitrogens with one attached hydrogen (secondary N) is 2. The van der Waals surface area contributed by atoms with Crippen LogP contribution in [0.4, 0.5) is 13.2 Å². The molecule has 0 unspecified atom stereocenters. The lowest BCUT2D eigenvalue weighted by Gasteiger charge is -2.17. The third kappa shape index (κ3) is 4.43. The van der Waals surface area contributed by atoms with Crippen LogP contribution in [0, 0.1) is 13.8 Å². The van der Waals surface area contributed by atoms with Crippen molar-refractivity contribution >= 4 is 15.9 Å². The second kappa shape index (κ2) is 6.02. The van der Waals surface area contributed by atoms with E-state index in [-0.39, 0.29) is 16.3 Å². The van der Waals surface area contributed by atoms with Crippen molar-refractivity contribution in [3.8, 4) is 0 Å². The first-order valence-corrected chi connectivity index (χ1v) is 7.20. The van der Waals surface area contributed by atoms with Crippen LogP contribution in [0.5, 0.6) is 0 Å². The Morgan fingerprint density at radius 2 is 1.95 bits per heavy atom. The van der Waals surface area contributed by atoms with Crippen molar-refractivity contribution < 1.29 is 26.4 Å². The maximum atomic E-state index is 12.2. The second-order valence-electron chi connectivity index (χ2n) is 4.42. The molecule has 1 aromatic heterocycles. The fourth-order valence-electron chi connectivity index (χ4n) is 1.62. The van der Waals surface area contributed by atoms with Gasteiger partial charge in [0.1, 0.15) is 11.4 Å². The topological polar surface area (TPSA) is 95.2 Å². The summed E-state index contributed by atoms with van der Waals surface area (Å²) in [6.07, 6.45) is -4.55. The van der Waals surface area contributed by atoms with Crippen LogP contribution in [-0.4, -0.2) is 55.1 Å². The van der Waals surface area contributed by atoms with E-state index < -0.39 is 35.2 Å². The Morgan fingerprint density at radius 1 is 1.38 bits per heavy atom. The third-order valence-corrected chi connectivity index (χ3v) is 4.65. The molecule has 0 aliphatic heterocycles. The summed E-state index contributed by atoms with van der Waals surface area (Å²) in [6.45, 7) is 0.727. The van der Waals surface area contributed by atoms with Gasteiger partial charge in [0.05, 0.1) is 17.9 Å². The highest BCUT2D eigenvalue weighted by Gasteiger charge is 2.30. The predicted octanol–water partition coefficient (Wildman–Crippen LogP) is 0.326. The molecule has 0 aliphatic carbocycles. The zero-order valence-electron chi connectivity index (χ0n) is 11.6. The van der Waals surface area contributed by atoms with Gasteiger partial charge in [0, 0.05) is 7.05 Å². The Bertz CT molecular complexity index is 604. The smallest absolute Gasteiger partial charge is 0.346 e. The number of aryl methyl sites for hydroxylation is 2. The first kappa shape index (κ1) is 17.4. The van der Waals surface area contributed by atoms with E-state index in [0.29, 0.717) is 4.31 Å². The van der Waals surface area contributed by atoms with Crippen LogP contribution in [0.1, 0.15) is 11.4 Å². The fraction of sp³-hybridized carbons (Fsp3) is 0.600. The third-order valence-electron chi connectivity index (χ3n) is 2.58. The second-order valence-corrected chi connectivity index (χ2v) is 6.40. The van der Waals surface area contributed by atoms with E-state index in [9.17, 15) is 26.4 Å². The molecule has 0 aromatic carbocycles. The van der Waals surface area contributed by atoms with Gasteiger partial charge in [-0.25, -0.2) is 8.42 Å². The van der Waals surface area contributed by atoms with Crippen LogP contribution < -0.4 is 5.32 Å². The number of alkyl halides is 3. The molecule has 2 N–H and O–H groups in total. The molecule has 0 bridgehead atoms. The first-order valence-electron chi connectivity index (χ1n) is 5.76. The van der Waals surface area contributed by atoms with E-state index in [1.807, 2.05) is 0 Å². The first-order chi connectivity index (χ1) is 9.45. The summed E-state index contributed by atoms with van der Waals surface area (Å²) in [5.41, 5.74) is 0.505. The monoisotopic (exact) mass is 328 g/mol. The van der Waals surface area contributed by atoms with Crippen molar-refractivity contribution in [3.63, 3.8) is 0 Å². The lowest BCUT2D eigenvalue weighted by atomic mass is 10.4. The minimum Gasteiger partial charge on any atom is -0.346 e. The molecule has 0 aliphatic rings. The van der Waals surface area contributed by atoms with Gasteiger partial charge in [-0.2, -0.15) is 22.6 Å². The number of nitrogens with zero attached hydrogens (tertiary/aromatic N) is 2. The van der Waals surface area contributed by atoms with Crippen LogP contribution in [-0.2, 0) is 14.8 Å². The Balaban J connectivity index is 2.80. The molecule has 1 amide bonds. The molecular weight excluding hydrogens is 313 g/mol. The van der Waals surface area contributed by atoms with Crippen LogP contribution in [0.3, 0.4) is 0 Å². The molecule has 1 rings (SSSR count). The van der Waals surface area contributed by atoms with Crippen molar-refractivity contribution in [2.24, 2.45) is 0 Å². The van der Waals surface area contributed by atoms with E-state index in [4.69, 9.17) is 0 Å². The van der Waals surface area contributed by atoms with Gasteiger partial charge in [-0.05, 0) is 13.8 Å². The van der Waals surface area contributed by atoms with Crippen LogP contribution in [0.2, 0.25) is 0 Å². The zero-order valence-corrected chi connectivity index (χ0v) is 12.4. The van der Waals surface area contributed by atoms with Crippen molar-refractivity contribution in [2.75, 3.05) is 20.1 Å². The number of rotatable bonds is 5. The van der Waals surface area contributed by atoms with E-state index in [1.54, 1.807) is 5.32 Å². The molecule has 0 atom stereocenters. The Hall–Kier alpha value is -1.62. The van der Waals surface area contributed by atoms with Gasteiger partial charge in [0.25, 0.3) is 0 Å². The van der Waals surface area contributed by atoms with E-state index in [0.717, 1.165) is 7.05 Å². The predicted molar refractivity (Wildman–Crippen MR) is 66.9 cm³/mol. The molecule has 0 saturated heterocycles. The molecule has 0 fully saturated rings. The van der Waals surface area contributed by atoms with E-state index in [1.165, 1.54) is 13.8 Å². The van der Waals surface area contributed by atoms with E-state index >= 15 is 0 Å². The maximum Gasteiger partial charge on any atom is 0.405 e. The number of aromatic nitrogens is 2. The van der Waals surface area contributed by atoms with Gasteiger partial charge in [-0.3, -0.25) is 9.89 Å². The van der Waals surface area contributed by atoms with Crippen molar-refractivity contribution in [1.29, 1.82) is 0 Å². The average molecular weight is 328 g/mol. The summed E-state index contributed by atoms with van der Waals surface area (Å²) in [7, 11) is -2.90. The van der Waals surface area contributed by atoms with Gasteiger partial charge < -0.3 is 5.32 Å². The lowest BCUT2D eigenvalue weighted by molar-refractivity contribution is -0.138. The van der Waals surface area contributed by atoms with Gasteiger partial charge in [-0.15, -0.1) is 0 Å². The number of hydrogen-bond acceptors (Lipinski definition) is 4. The number of H-pyrrole nitrogens is 1. The quantitative estimate of drug-likeness (QED) is 0.814. The number of aromatic amines is 1. The molecule has 1 aromatic rings. The standard InChI is InChI=1S/C10H15F3N4O3S/c1-6-9(7(2)16-15-6)21(19,20)17(3)4-8(18)14-5-10(11,12)13/h4-5H2,1-3H3,(H,14,18)(H,15,16). The highest BCUT2D eigenvalue weighted by molar-refractivity contribution is 7.89. The summed E-state index contributed by atoms with van der Waals surface area (Å²) in [5, 5.41) is 7.83. The van der Waals surface area contributed by atoms with E-state index in [2.05, 4.69) is 10.2 Å². The lowest BCUT2D eigenvalue weighted by Crippen LogP contribution is -2.41. The molecule has 0 spiro atoms. The minimum absolute atomic E-state index is 0.0892. The number of halogens is 3. The van der Waals surface area contributed by atoms with Crippen molar-refractivity contribution in [3.05, 3.63) is 11.4 Å². The summed E-state index contributed by atoms with van der Waals surface area (Å²) in [6, 6.07) is 0. The van der Waals surface area contributed by atoms with Crippen LogP contribution >= 0.6 is 0 Å². The van der Waals surface area contributed by atoms with Crippen molar-refractivity contribution in [2.45, 2.75) is 24.9 Å². The Morgan fingerprint density at radius 3 is 2.38 bits per heavy atom. The van der Waals surface area contributed by atoms with Crippen LogP contribution in [0.15, 0.2) is 4.90 Å². The summed E-state index contributed by atoms with van der Waals surface area (Å²) in [5.74, 6) is -1.04. The highest BCUT2D eigenvalue weighted by Crippen LogP contribution is 2.20. The summed E-state index contributed by atoms with van der Waals surface area (Å²) >= 11 is 0. The van der Waals surface area contributed by atoms with Crippen molar-refractivity contribution in [1.82, 2.24) is 19.8 Å². The molecule has 11 heteroatoms. The zero-order chi connectivity index (χ0) is 16.4. The molecule has 120 valence electrons. The molecular formula is C10H15F3N4O3S.